The van der Waals surface area contributed by atoms with Crippen LogP contribution in [0.2, 0.25) is 0 Å². The number of amides is 1. The second-order valence-electron chi connectivity index (χ2n) is 3.25. The number of pyridine rings is 1. The maximum Gasteiger partial charge on any atom is 0.274 e. The molecule has 0 radical (unpaired) electrons. The lowest BCUT2D eigenvalue weighted by molar-refractivity contribution is 0.0942. The second kappa shape index (κ2) is 5.02. The number of carbonyl (C=O) groups is 1. The SMILES string of the molecule is O=C(NCc1ccncn1)c1ncccc1O. The van der Waals surface area contributed by atoms with Crippen molar-refractivity contribution >= 4 is 5.91 Å². The van der Waals surface area contributed by atoms with Gasteiger partial charge < -0.3 is 10.4 Å². The first-order chi connectivity index (χ1) is 8.27. The van der Waals surface area contributed by atoms with E-state index < -0.39 is 5.91 Å². The zero-order chi connectivity index (χ0) is 12.1. The Labute approximate surface area is 97.4 Å². The fraction of sp³-hybridized carbons (Fsp3) is 0.0909. The van der Waals surface area contributed by atoms with Gasteiger partial charge in [0.1, 0.15) is 12.1 Å². The van der Waals surface area contributed by atoms with Crippen molar-refractivity contribution in [3.05, 3.63) is 48.3 Å². The molecule has 17 heavy (non-hydrogen) atoms. The summed E-state index contributed by atoms with van der Waals surface area (Å²) in [6.07, 6.45) is 4.44. The third-order valence-corrected chi connectivity index (χ3v) is 2.07. The summed E-state index contributed by atoms with van der Waals surface area (Å²) in [7, 11) is 0. The van der Waals surface area contributed by atoms with Crippen LogP contribution in [0.15, 0.2) is 36.9 Å². The Hall–Kier alpha value is -2.50. The van der Waals surface area contributed by atoms with Crippen LogP contribution in [0.3, 0.4) is 0 Å². The average molecular weight is 230 g/mol. The highest BCUT2D eigenvalue weighted by atomic mass is 16.3. The van der Waals surface area contributed by atoms with E-state index in [4.69, 9.17) is 0 Å². The quantitative estimate of drug-likeness (QED) is 0.801. The minimum Gasteiger partial charge on any atom is -0.505 e. The van der Waals surface area contributed by atoms with Gasteiger partial charge in [0.25, 0.3) is 5.91 Å². The van der Waals surface area contributed by atoms with E-state index >= 15 is 0 Å². The predicted octanol–water partition coefficient (Wildman–Crippen LogP) is 0.507. The Morgan fingerprint density at radius 2 is 2.18 bits per heavy atom. The first-order valence-electron chi connectivity index (χ1n) is 4.94. The third kappa shape index (κ3) is 2.75. The number of rotatable bonds is 3. The van der Waals surface area contributed by atoms with Gasteiger partial charge in [-0.1, -0.05) is 0 Å². The molecule has 0 aliphatic heterocycles. The lowest BCUT2D eigenvalue weighted by Crippen LogP contribution is -2.24. The Morgan fingerprint density at radius 3 is 2.88 bits per heavy atom. The van der Waals surface area contributed by atoms with Gasteiger partial charge in [0.15, 0.2) is 5.69 Å². The topological polar surface area (TPSA) is 88.0 Å². The first-order valence-corrected chi connectivity index (χ1v) is 4.94. The summed E-state index contributed by atoms with van der Waals surface area (Å²) in [6.45, 7) is 0.261. The van der Waals surface area contributed by atoms with Crippen LogP contribution in [0.1, 0.15) is 16.2 Å². The van der Waals surface area contributed by atoms with Crippen molar-refractivity contribution in [2.24, 2.45) is 0 Å². The zero-order valence-electron chi connectivity index (χ0n) is 8.87. The van der Waals surface area contributed by atoms with Crippen molar-refractivity contribution in [3.8, 4) is 5.75 Å². The minimum absolute atomic E-state index is 0.00144. The van der Waals surface area contributed by atoms with Gasteiger partial charge in [-0.3, -0.25) is 4.79 Å². The predicted molar refractivity (Wildman–Crippen MR) is 59.1 cm³/mol. The van der Waals surface area contributed by atoms with E-state index in [2.05, 4.69) is 20.3 Å². The molecule has 0 unspecified atom stereocenters. The fourth-order valence-electron chi connectivity index (χ4n) is 1.25. The third-order valence-electron chi connectivity index (χ3n) is 2.07. The number of hydrogen-bond acceptors (Lipinski definition) is 5. The molecule has 0 aromatic carbocycles. The van der Waals surface area contributed by atoms with Crippen LogP contribution in [0.5, 0.6) is 5.75 Å². The summed E-state index contributed by atoms with van der Waals surface area (Å²) in [4.78, 5) is 23.2. The molecule has 1 amide bonds. The highest BCUT2D eigenvalue weighted by Gasteiger charge is 2.11. The first kappa shape index (κ1) is 11.0. The lowest BCUT2D eigenvalue weighted by Gasteiger charge is -2.04. The summed E-state index contributed by atoms with van der Waals surface area (Å²) in [6, 6.07) is 4.65. The van der Waals surface area contributed by atoms with Gasteiger partial charge >= 0.3 is 0 Å². The molecule has 0 atom stereocenters. The van der Waals surface area contributed by atoms with Gasteiger partial charge in [-0.25, -0.2) is 15.0 Å². The Kier molecular flexibility index (Phi) is 3.25. The van der Waals surface area contributed by atoms with E-state index in [1.807, 2.05) is 0 Å². The molecule has 0 aliphatic rings. The average Bonchev–Trinajstić information content (AvgIpc) is 2.38. The van der Waals surface area contributed by atoms with Crippen LogP contribution in [0.4, 0.5) is 0 Å². The van der Waals surface area contributed by atoms with E-state index in [1.165, 1.54) is 18.6 Å². The number of hydrogen-bond donors (Lipinski definition) is 2. The maximum absolute atomic E-state index is 11.7. The molecular weight excluding hydrogens is 220 g/mol. The Bertz CT molecular complexity index is 516. The molecule has 2 heterocycles. The molecule has 0 spiro atoms. The molecule has 86 valence electrons. The van der Waals surface area contributed by atoms with Gasteiger partial charge in [0, 0.05) is 12.4 Å². The van der Waals surface area contributed by atoms with Crippen molar-refractivity contribution in [2.75, 3.05) is 0 Å². The van der Waals surface area contributed by atoms with E-state index in [0.29, 0.717) is 5.69 Å². The van der Waals surface area contributed by atoms with E-state index in [9.17, 15) is 9.90 Å². The van der Waals surface area contributed by atoms with Gasteiger partial charge in [0.2, 0.25) is 0 Å². The van der Waals surface area contributed by atoms with Crippen LogP contribution in [0, 0.1) is 0 Å². The van der Waals surface area contributed by atoms with Crippen molar-refractivity contribution in [2.45, 2.75) is 6.54 Å². The summed E-state index contributed by atoms with van der Waals surface area (Å²) in [5, 5.41) is 12.0. The summed E-state index contributed by atoms with van der Waals surface area (Å²) >= 11 is 0. The molecule has 6 heteroatoms. The number of aromatic hydroxyl groups is 1. The van der Waals surface area contributed by atoms with Crippen LogP contribution in [-0.4, -0.2) is 26.0 Å². The molecule has 0 saturated carbocycles. The molecule has 0 aliphatic carbocycles. The normalized spacial score (nSPS) is 9.88. The smallest absolute Gasteiger partial charge is 0.274 e. The number of nitrogens with one attached hydrogen (secondary N) is 1. The highest BCUT2D eigenvalue weighted by Crippen LogP contribution is 2.11. The maximum atomic E-state index is 11.7. The number of aromatic nitrogens is 3. The largest absolute Gasteiger partial charge is 0.505 e. The monoisotopic (exact) mass is 230 g/mol. The van der Waals surface area contributed by atoms with Gasteiger partial charge in [-0.05, 0) is 18.2 Å². The van der Waals surface area contributed by atoms with E-state index in [0.717, 1.165) is 0 Å². The van der Waals surface area contributed by atoms with E-state index in [-0.39, 0.29) is 18.0 Å². The zero-order valence-corrected chi connectivity index (χ0v) is 8.87. The van der Waals surface area contributed by atoms with Gasteiger partial charge in [-0.15, -0.1) is 0 Å². The van der Waals surface area contributed by atoms with Crippen LogP contribution >= 0.6 is 0 Å². The molecule has 2 aromatic rings. The van der Waals surface area contributed by atoms with Crippen molar-refractivity contribution in [1.29, 1.82) is 0 Å². The van der Waals surface area contributed by atoms with Crippen LogP contribution < -0.4 is 5.32 Å². The fourth-order valence-corrected chi connectivity index (χ4v) is 1.25. The molecule has 0 saturated heterocycles. The van der Waals surface area contributed by atoms with Crippen molar-refractivity contribution < 1.29 is 9.90 Å². The van der Waals surface area contributed by atoms with Crippen LogP contribution in [0.25, 0.3) is 0 Å². The van der Waals surface area contributed by atoms with Crippen molar-refractivity contribution in [3.63, 3.8) is 0 Å². The molecule has 2 aromatic heterocycles. The summed E-state index contributed by atoms with van der Waals surface area (Å²) in [5.74, 6) is -0.589. The van der Waals surface area contributed by atoms with Crippen LogP contribution in [-0.2, 0) is 6.54 Å². The minimum atomic E-state index is -0.443. The van der Waals surface area contributed by atoms with Gasteiger partial charge in [-0.2, -0.15) is 0 Å². The molecule has 2 N–H and O–H groups in total. The Morgan fingerprint density at radius 1 is 1.29 bits per heavy atom. The summed E-state index contributed by atoms with van der Waals surface area (Å²) < 4.78 is 0. The van der Waals surface area contributed by atoms with Crippen molar-refractivity contribution in [1.82, 2.24) is 20.3 Å². The molecule has 2 rings (SSSR count). The molecule has 0 bridgehead atoms. The molecule has 6 nitrogen and oxygen atoms in total. The Balaban J connectivity index is 2.01. The number of carbonyl (C=O) groups excluding carboxylic acids is 1. The number of nitrogens with zero attached hydrogens (tertiary/aromatic N) is 3. The summed E-state index contributed by atoms with van der Waals surface area (Å²) in [5.41, 5.74) is 0.685. The molecule has 0 fully saturated rings. The van der Waals surface area contributed by atoms with Gasteiger partial charge in [0.05, 0.1) is 12.2 Å². The standard InChI is InChI=1S/C11H10N4O2/c16-9-2-1-4-13-10(9)11(17)14-6-8-3-5-12-7-15-8/h1-5,7,16H,6H2,(H,14,17). The van der Waals surface area contributed by atoms with E-state index in [1.54, 1.807) is 18.3 Å². The second-order valence-corrected chi connectivity index (χ2v) is 3.25. The lowest BCUT2D eigenvalue weighted by atomic mass is 10.3. The molecular formula is C11H10N4O2. The highest BCUT2D eigenvalue weighted by molar-refractivity contribution is 5.94.